The van der Waals surface area contributed by atoms with Crippen LogP contribution in [0.5, 0.6) is 0 Å². The van der Waals surface area contributed by atoms with Crippen molar-refractivity contribution in [3.8, 4) is 0 Å². The quantitative estimate of drug-likeness (QED) is 0.566. The number of ether oxygens (including phenoxy) is 1. The summed E-state index contributed by atoms with van der Waals surface area (Å²) in [7, 11) is 0. The summed E-state index contributed by atoms with van der Waals surface area (Å²) in [6, 6.07) is 9.87. The predicted octanol–water partition coefficient (Wildman–Crippen LogP) is 1.68. The minimum absolute atomic E-state index is 0.0861. The molecule has 0 aliphatic carbocycles. The van der Waals surface area contributed by atoms with Gasteiger partial charge in [-0.05, 0) is 26.3 Å². The van der Waals surface area contributed by atoms with Gasteiger partial charge in [0.25, 0.3) is 0 Å². The molecular weight excluding hydrogens is 354 g/mol. The average molecular weight is 381 g/mol. The first kappa shape index (κ1) is 21.8. The fourth-order valence-corrected chi connectivity index (χ4v) is 2.63. The molecule has 0 heterocycles. The van der Waals surface area contributed by atoms with Crippen molar-refractivity contribution >= 4 is 29.7 Å². The maximum Gasteiger partial charge on any atom is 0.407 e. The lowest BCUT2D eigenvalue weighted by molar-refractivity contribution is -0.124. The van der Waals surface area contributed by atoms with Crippen LogP contribution in [-0.2, 0) is 20.1 Å². The second-order valence-electron chi connectivity index (χ2n) is 6.53. The number of carbonyl (C=O) groups is 3. The summed E-state index contributed by atoms with van der Waals surface area (Å²) >= 11 is 1.49. The zero-order valence-corrected chi connectivity index (χ0v) is 16.3. The van der Waals surface area contributed by atoms with Gasteiger partial charge >= 0.3 is 6.09 Å². The minimum Gasteiger partial charge on any atom is -0.444 e. The first-order valence-electron chi connectivity index (χ1n) is 8.38. The van der Waals surface area contributed by atoms with E-state index in [0.717, 1.165) is 11.3 Å². The topological polar surface area (TPSA) is 96.5 Å². The van der Waals surface area contributed by atoms with E-state index in [-0.39, 0.29) is 31.4 Å². The summed E-state index contributed by atoms with van der Waals surface area (Å²) in [6.45, 7) is 5.74. The molecule has 0 aliphatic heterocycles. The van der Waals surface area contributed by atoms with Gasteiger partial charge in [0.15, 0.2) is 0 Å². The normalized spacial score (nSPS) is 10.7. The van der Waals surface area contributed by atoms with E-state index in [9.17, 15) is 14.4 Å². The van der Waals surface area contributed by atoms with E-state index in [1.54, 1.807) is 20.8 Å². The van der Waals surface area contributed by atoms with E-state index in [1.165, 1.54) is 11.8 Å². The summed E-state index contributed by atoms with van der Waals surface area (Å²) in [4.78, 5) is 34.8. The Morgan fingerprint density at radius 2 is 1.62 bits per heavy atom. The van der Waals surface area contributed by atoms with Gasteiger partial charge in [-0.15, -0.1) is 11.8 Å². The third-order valence-corrected chi connectivity index (χ3v) is 3.91. The van der Waals surface area contributed by atoms with Crippen molar-refractivity contribution in [3.63, 3.8) is 0 Å². The Labute approximate surface area is 158 Å². The number of benzene rings is 1. The number of alkyl carbamates (subject to hydrolysis) is 1. The van der Waals surface area contributed by atoms with E-state index in [2.05, 4.69) is 16.0 Å². The zero-order valence-electron chi connectivity index (χ0n) is 15.5. The van der Waals surface area contributed by atoms with Gasteiger partial charge in [0.1, 0.15) is 5.60 Å². The molecule has 7 nitrogen and oxygen atoms in total. The van der Waals surface area contributed by atoms with Crippen LogP contribution in [0.25, 0.3) is 0 Å². The molecule has 0 atom stereocenters. The van der Waals surface area contributed by atoms with Crippen LogP contribution < -0.4 is 16.0 Å². The first-order chi connectivity index (χ1) is 12.3. The van der Waals surface area contributed by atoms with Crippen molar-refractivity contribution in [2.45, 2.75) is 32.1 Å². The Balaban J connectivity index is 2.05. The molecule has 8 heteroatoms. The van der Waals surface area contributed by atoms with Crippen LogP contribution in [0.3, 0.4) is 0 Å². The van der Waals surface area contributed by atoms with Crippen LogP contribution in [-0.4, -0.2) is 48.9 Å². The van der Waals surface area contributed by atoms with E-state index >= 15 is 0 Å². The number of thioether (sulfide) groups is 1. The SMILES string of the molecule is CC(C)(C)OC(=O)NCCNC(=O)CNC(=O)CSCc1ccccc1. The van der Waals surface area contributed by atoms with Gasteiger partial charge in [-0.2, -0.15) is 0 Å². The van der Waals surface area contributed by atoms with Crippen LogP contribution in [0.2, 0.25) is 0 Å². The lowest BCUT2D eigenvalue weighted by Gasteiger charge is -2.19. The molecule has 144 valence electrons. The Kier molecular flexibility index (Phi) is 9.57. The molecule has 3 amide bonds. The standard InChI is InChI=1S/C18H27N3O4S/c1-18(2,3)25-17(24)20-10-9-19-15(22)11-21-16(23)13-26-12-14-7-5-4-6-8-14/h4-8H,9-13H2,1-3H3,(H,19,22)(H,20,24)(H,21,23). The smallest absolute Gasteiger partial charge is 0.407 e. The summed E-state index contributed by atoms with van der Waals surface area (Å²) in [5, 5.41) is 7.71. The van der Waals surface area contributed by atoms with E-state index in [1.807, 2.05) is 30.3 Å². The molecule has 0 aromatic heterocycles. The average Bonchev–Trinajstić information content (AvgIpc) is 2.56. The highest BCUT2D eigenvalue weighted by Crippen LogP contribution is 2.10. The third kappa shape index (κ3) is 11.4. The molecule has 3 N–H and O–H groups in total. The Morgan fingerprint density at radius 3 is 2.27 bits per heavy atom. The molecule has 0 fully saturated rings. The van der Waals surface area contributed by atoms with Gasteiger partial charge in [-0.1, -0.05) is 30.3 Å². The molecular formula is C18H27N3O4S. The van der Waals surface area contributed by atoms with Crippen molar-refractivity contribution in [2.75, 3.05) is 25.4 Å². The van der Waals surface area contributed by atoms with Gasteiger partial charge in [0.05, 0.1) is 12.3 Å². The fraction of sp³-hybridized carbons (Fsp3) is 0.500. The van der Waals surface area contributed by atoms with E-state index in [0.29, 0.717) is 5.75 Å². The van der Waals surface area contributed by atoms with Crippen molar-refractivity contribution < 1.29 is 19.1 Å². The number of rotatable bonds is 9. The van der Waals surface area contributed by atoms with Crippen LogP contribution in [0.1, 0.15) is 26.3 Å². The van der Waals surface area contributed by atoms with Gasteiger partial charge in [-0.3, -0.25) is 9.59 Å². The van der Waals surface area contributed by atoms with Crippen molar-refractivity contribution in [3.05, 3.63) is 35.9 Å². The highest BCUT2D eigenvalue weighted by Gasteiger charge is 2.15. The van der Waals surface area contributed by atoms with Gasteiger partial charge in [0.2, 0.25) is 11.8 Å². The molecule has 1 aromatic rings. The maximum atomic E-state index is 11.7. The number of hydrogen-bond acceptors (Lipinski definition) is 5. The van der Waals surface area contributed by atoms with Gasteiger partial charge in [0, 0.05) is 18.8 Å². The molecule has 0 bridgehead atoms. The fourth-order valence-electron chi connectivity index (χ4n) is 1.81. The largest absolute Gasteiger partial charge is 0.444 e. The van der Waals surface area contributed by atoms with Gasteiger partial charge in [-0.25, -0.2) is 4.79 Å². The summed E-state index contributed by atoms with van der Waals surface area (Å²) in [5.74, 6) is 0.546. The molecule has 1 rings (SSSR count). The number of hydrogen-bond donors (Lipinski definition) is 3. The van der Waals surface area contributed by atoms with Crippen LogP contribution >= 0.6 is 11.8 Å². The summed E-state index contributed by atoms with van der Waals surface area (Å²) in [5.41, 5.74) is 0.594. The molecule has 0 aliphatic rings. The van der Waals surface area contributed by atoms with Crippen molar-refractivity contribution in [1.29, 1.82) is 0 Å². The second-order valence-corrected chi connectivity index (χ2v) is 7.52. The molecule has 26 heavy (non-hydrogen) atoms. The lowest BCUT2D eigenvalue weighted by atomic mass is 10.2. The molecule has 0 saturated carbocycles. The van der Waals surface area contributed by atoms with E-state index in [4.69, 9.17) is 4.74 Å². The maximum absolute atomic E-state index is 11.7. The first-order valence-corrected chi connectivity index (χ1v) is 9.53. The zero-order chi connectivity index (χ0) is 19.4. The van der Waals surface area contributed by atoms with Crippen molar-refractivity contribution in [2.24, 2.45) is 0 Å². The van der Waals surface area contributed by atoms with Crippen LogP contribution in [0.4, 0.5) is 4.79 Å². The summed E-state index contributed by atoms with van der Waals surface area (Å²) < 4.78 is 5.07. The Bertz CT molecular complexity index is 588. The van der Waals surface area contributed by atoms with Crippen molar-refractivity contribution in [1.82, 2.24) is 16.0 Å². The van der Waals surface area contributed by atoms with Gasteiger partial charge < -0.3 is 20.7 Å². The summed E-state index contributed by atoms with van der Waals surface area (Å²) in [6.07, 6.45) is -0.532. The second kappa shape index (κ2) is 11.4. The predicted molar refractivity (Wildman–Crippen MR) is 103 cm³/mol. The minimum atomic E-state index is -0.559. The molecule has 1 aromatic carbocycles. The number of amides is 3. The van der Waals surface area contributed by atoms with E-state index < -0.39 is 11.7 Å². The highest BCUT2D eigenvalue weighted by atomic mass is 32.2. The third-order valence-electron chi connectivity index (χ3n) is 2.91. The Hall–Kier alpha value is -2.22. The molecule has 0 saturated heterocycles. The molecule has 0 radical (unpaired) electrons. The number of carbonyl (C=O) groups excluding carboxylic acids is 3. The number of nitrogens with one attached hydrogen (secondary N) is 3. The highest BCUT2D eigenvalue weighted by molar-refractivity contribution is 7.99. The monoisotopic (exact) mass is 381 g/mol. The Morgan fingerprint density at radius 1 is 0.962 bits per heavy atom. The lowest BCUT2D eigenvalue weighted by Crippen LogP contribution is -2.41. The van der Waals surface area contributed by atoms with Crippen LogP contribution in [0.15, 0.2) is 30.3 Å². The molecule has 0 spiro atoms. The van der Waals surface area contributed by atoms with Crippen LogP contribution in [0, 0.1) is 0 Å². The molecule has 0 unspecified atom stereocenters.